The van der Waals surface area contributed by atoms with Gasteiger partial charge in [0.25, 0.3) is 0 Å². The smallest absolute Gasteiger partial charge is 0.343 e. The summed E-state index contributed by atoms with van der Waals surface area (Å²) in [5, 5.41) is 10.00. The fourth-order valence-electron chi connectivity index (χ4n) is 2.02. The van der Waals surface area contributed by atoms with Crippen LogP contribution in [0.5, 0.6) is 17.2 Å². The number of carbonyl (C=O) groups is 1. The molecule has 0 amide bonds. The number of esters is 1. The molecule has 1 atom stereocenters. The van der Waals surface area contributed by atoms with E-state index in [2.05, 4.69) is 0 Å². The first kappa shape index (κ1) is 11.6. The van der Waals surface area contributed by atoms with E-state index >= 15 is 0 Å². The Morgan fingerprint density at radius 3 is 2.65 bits per heavy atom. The molecular formula is C12H14O5. The third kappa shape index (κ3) is 1.58. The van der Waals surface area contributed by atoms with Gasteiger partial charge in [-0.25, -0.2) is 4.79 Å². The van der Waals surface area contributed by atoms with Crippen molar-refractivity contribution in [2.24, 2.45) is 0 Å². The van der Waals surface area contributed by atoms with Crippen LogP contribution in [0.1, 0.15) is 35.4 Å². The number of aromatic hydroxyl groups is 1. The summed E-state index contributed by atoms with van der Waals surface area (Å²) in [6.07, 6.45) is 0.316. The number of fused-ring (bicyclic) bond motifs is 1. The van der Waals surface area contributed by atoms with Crippen molar-refractivity contribution in [3.8, 4) is 17.2 Å². The molecule has 0 radical (unpaired) electrons. The predicted molar refractivity (Wildman–Crippen MR) is 59.7 cm³/mol. The molecule has 5 heteroatoms. The molecule has 1 aliphatic heterocycles. The SMILES string of the molecule is CC[C@@H]1OC(=O)c2c1cc(OC)c(OC)c2O. The lowest BCUT2D eigenvalue weighted by atomic mass is 10.0. The summed E-state index contributed by atoms with van der Waals surface area (Å²) in [6.45, 7) is 1.90. The molecule has 5 nitrogen and oxygen atoms in total. The second-order valence-electron chi connectivity index (χ2n) is 3.73. The monoisotopic (exact) mass is 238 g/mol. The maximum absolute atomic E-state index is 11.6. The molecule has 0 aromatic heterocycles. The molecule has 0 aliphatic carbocycles. The van der Waals surface area contributed by atoms with Crippen LogP contribution in [0.25, 0.3) is 0 Å². The van der Waals surface area contributed by atoms with Crippen LogP contribution >= 0.6 is 0 Å². The molecule has 17 heavy (non-hydrogen) atoms. The Bertz CT molecular complexity index is 466. The van der Waals surface area contributed by atoms with E-state index in [0.717, 1.165) is 0 Å². The molecular weight excluding hydrogens is 224 g/mol. The zero-order valence-electron chi connectivity index (χ0n) is 9.94. The Morgan fingerprint density at radius 1 is 1.41 bits per heavy atom. The van der Waals surface area contributed by atoms with Crippen LogP contribution < -0.4 is 9.47 Å². The molecule has 1 aliphatic rings. The average Bonchev–Trinajstić information content (AvgIpc) is 2.65. The number of benzene rings is 1. The van der Waals surface area contributed by atoms with Crippen LogP contribution in [0.3, 0.4) is 0 Å². The van der Waals surface area contributed by atoms with Crippen LogP contribution in [-0.2, 0) is 4.74 Å². The molecule has 0 spiro atoms. The fraction of sp³-hybridized carbons (Fsp3) is 0.417. The highest BCUT2D eigenvalue weighted by atomic mass is 16.6. The van der Waals surface area contributed by atoms with E-state index in [1.54, 1.807) is 6.07 Å². The van der Waals surface area contributed by atoms with Gasteiger partial charge in [0.2, 0.25) is 5.75 Å². The van der Waals surface area contributed by atoms with Gasteiger partial charge in [-0.15, -0.1) is 0 Å². The van der Waals surface area contributed by atoms with E-state index in [1.165, 1.54) is 14.2 Å². The van der Waals surface area contributed by atoms with Gasteiger partial charge in [-0.1, -0.05) is 6.92 Å². The molecule has 0 fully saturated rings. The minimum Gasteiger partial charge on any atom is -0.504 e. The quantitative estimate of drug-likeness (QED) is 0.816. The Morgan fingerprint density at radius 2 is 2.12 bits per heavy atom. The first-order valence-electron chi connectivity index (χ1n) is 5.32. The molecule has 92 valence electrons. The zero-order chi connectivity index (χ0) is 12.6. The van der Waals surface area contributed by atoms with Gasteiger partial charge in [0.15, 0.2) is 11.5 Å². The molecule has 1 aromatic carbocycles. The van der Waals surface area contributed by atoms with Crippen molar-refractivity contribution in [3.63, 3.8) is 0 Å². The van der Waals surface area contributed by atoms with Crippen LogP contribution in [0.2, 0.25) is 0 Å². The Hall–Kier alpha value is -1.91. The van der Waals surface area contributed by atoms with Crippen molar-refractivity contribution in [3.05, 3.63) is 17.2 Å². The van der Waals surface area contributed by atoms with Gasteiger partial charge in [-0.2, -0.15) is 0 Å². The van der Waals surface area contributed by atoms with Crippen LogP contribution in [-0.4, -0.2) is 25.3 Å². The highest BCUT2D eigenvalue weighted by Gasteiger charge is 2.36. The van der Waals surface area contributed by atoms with E-state index < -0.39 is 5.97 Å². The van der Waals surface area contributed by atoms with Gasteiger partial charge in [0.1, 0.15) is 11.7 Å². The molecule has 0 bridgehead atoms. The third-order valence-corrected chi connectivity index (χ3v) is 2.85. The lowest BCUT2D eigenvalue weighted by molar-refractivity contribution is 0.0377. The summed E-state index contributed by atoms with van der Waals surface area (Å²) >= 11 is 0. The minimum absolute atomic E-state index is 0.153. The zero-order valence-corrected chi connectivity index (χ0v) is 9.94. The van der Waals surface area contributed by atoms with E-state index in [-0.39, 0.29) is 23.2 Å². The number of carbonyl (C=O) groups excluding carboxylic acids is 1. The number of hydrogen-bond acceptors (Lipinski definition) is 5. The maximum atomic E-state index is 11.6. The maximum Gasteiger partial charge on any atom is 0.343 e. The predicted octanol–water partition coefficient (Wildman–Crippen LogP) is 2.03. The molecule has 0 unspecified atom stereocenters. The number of phenolic OH excluding ortho intramolecular Hbond substituents is 1. The van der Waals surface area contributed by atoms with Crippen LogP contribution in [0.15, 0.2) is 6.07 Å². The highest BCUT2D eigenvalue weighted by Crippen LogP contribution is 2.47. The number of hydrogen-bond donors (Lipinski definition) is 1. The summed E-state index contributed by atoms with van der Waals surface area (Å²) in [7, 11) is 2.88. The van der Waals surface area contributed by atoms with E-state index in [0.29, 0.717) is 17.7 Å². The van der Waals surface area contributed by atoms with Crippen molar-refractivity contribution in [2.45, 2.75) is 19.4 Å². The van der Waals surface area contributed by atoms with Gasteiger partial charge in [0, 0.05) is 5.56 Å². The molecule has 0 saturated heterocycles. The number of ether oxygens (including phenoxy) is 3. The molecule has 1 N–H and O–H groups in total. The summed E-state index contributed by atoms with van der Waals surface area (Å²) in [4.78, 5) is 11.6. The van der Waals surface area contributed by atoms with Crippen molar-refractivity contribution >= 4 is 5.97 Å². The van der Waals surface area contributed by atoms with Gasteiger partial charge >= 0.3 is 5.97 Å². The summed E-state index contributed by atoms with van der Waals surface area (Å²) in [6, 6.07) is 1.67. The normalized spacial score (nSPS) is 17.6. The first-order chi connectivity index (χ1) is 8.13. The van der Waals surface area contributed by atoms with Gasteiger partial charge in [0.05, 0.1) is 14.2 Å². The van der Waals surface area contributed by atoms with Crippen LogP contribution in [0.4, 0.5) is 0 Å². The van der Waals surface area contributed by atoms with Gasteiger partial charge in [-0.3, -0.25) is 0 Å². The summed E-state index contributed by atoms with van der Waals surface area (Å²) < 4.78 is 15.3. The third-order valence-electron chi connectivity index (χ3n) is 2.85. The second kappa shape index (κ2) is 4.16. The largest absolute Gasteiger partial charge is 0.504 e. The van der Waals surface area contributed by atoms with E-state index in [9.17, 15) is 9.90 Å². The fourth-order valence-corrected chi connectivity index (χ4v) is 2.02. The number of rotatable bonds is 3. The Balaban J connectivity index is 2.67. The van der Waals surface area contributed by atoms with Gasteiger partial charge < -0.3 is 19.3 Å². The summed E-state index contributed by atoms with van der Waals surface area (Å²) in [5.74, 6) is -0.200. The average molecular weight is 238 g/mol. The Kier molecular flexibility index (Phi) is 2.83. The first-order valence-corrected chi connectivity index (χ1v) is 5.32. The number of phenols is 1. The van der Waals surface area contributed by atoms with Crippen molar-refractivity contribution in [2.75, 3.05) is 14.2 Å². The van der Waals surface area contributed by atoms with Crippen LogP contribution in [0, 0.1) is 0 Å². The second-order valence-corrected chi connectivity index (χ2v) is 3.73. The molecule has 1 heterocycles. The molecule has 2 rings (SSSR count). The van der Waals surface area contributed by atoms with Crippen molar-refractivity contribution in [1.29, 1.82) is 0 Å². The van der Waals surface area contributed by atoms with Gasteiger partial charge in [-0.05, 0) is 12.5 Å². The lowest BCUT2D eigenvalue weighted by Crippen LogP contribution is -1.98. The number of methoxy groups -OCH3 is 2. The molecule has 0 saturated carbocycles. The summed E-state index contributed by atoms with van der Waals surface area (Å²) in [5.41, 5.74) is 0.821. The topological polar surface area (TPSA) is 65.0 Å². The van der Waals surface area contributed by atoms with E-state index in [4.69, 9.17) is 14.2 Å². The Labute approximate surface area is 98.9 Å². The molecule has 1 aromatic rings. The standard InChI is InChI=1S/C12H14O5/c1-4-7-6-5-8(15-2)11(16-3)10(13)9(6)12(14)17-7/h5,7,13H,4H2,1-3H3/t7-/m0/s1. The van der Waals surface area contributed by atoms with E-state index in [1.807, 2.05) is 6.92 Å². The lowest BCUT2D eigenvalue weighted by Gasteiger charge is -2.12. The minimum atomic E-state index is -0.523. The van der Waals surface area contributed by atoms with Crippen molar-refractivity contribution < 1.29 is 24.1 Å². The highest BCUT2D eigenvalue weighted by molar-refractivity contribution is 5.98. The number of cyclic esters (lactones) is 1. The van der Waals surface area contributed by atoms with Crippen molar-refractivity contribution in [1.82, 2.24) is 0 Å².